The number of hydrogen-bond acceptors (Lipinski definition) is 4. The van der Waals surface area contributed by atoms with E-state index in [1.165, 1.54) is 6.42 Å². The number of carbonyl (C=O) groups is 2. The van der Waals surface area contributed by atoms with Crippen molar-refractivity contribution in [3.8, 4) is 0 Å². The Bertz CT molecular complexity index is 1010. The molecule has 2 amide bonds. The molecule has 6 heteroatoms. The Kier molecular flexibility index (Phi) is 5.45. The van der Waals surface area contributed by atoms with Gasteiger partial charge in [-0.25, -0.2) is 0 Å². The van der Waals surface area contributed by atoms with Gasteiger partial charge >= 0.3 is 0 Å². The molecule has 4 aliphatic rings. The van der Waals surface area contributed by atoms with E-state index in [4.69, 9.17) is 0 Å². The van der Waals surface area contributed by atoms with Crippen molar-refractivity contribution in [2.24, 2.45) is 33.8 Å². The highest BCUT2D eigenvalue weighted by molar-refractivity contribution is 5.89. The van der Waals surface area contributed by atoms with Crippen molar-refractivity contribution >= 4 is 17.5 Å². The van der Waals surface area contributed by atoms with E-state index in [1.54, 1.807) is 24.3 Å². The minimum Gasteiger partial charge on any atom is -0.353 e. The van der Waals surface area contributed by atoms with E-state index in [1.807, 2.05) is 18.0 Å². The fourth-order valence-electron chi connectivity index (χ4n) is 8.13. The topological polar surface area (TPSA) is 78.8 Å². The molecule has 3 saturated carbocycles. The predicted octanol–water partition coefficient (Wildman–Crippen LogP) is 4.75. The molecule has 7 atom stereocenters. The lowest BCUT2D eigenvalue weighted by Crippen LogP contribution is -2.60. The average Bonchev–Trinajstić information content (AvgIpc) is 3.13. The fourth-order valence-corrected chi connectivity index (χ4v) is 8.13. The zero-order valence-electron chi connectivity index (χ0n) is 19.9. The van der Waals surface area contributed by atoms with E-state index >= 15 is 0 Å². The monoisotopic (exact) mass is 449 g/mol. The molecule has 1 heterocycles. The molecule has 0 radical (unpaired) electrons. The molecule has 1 aromatic carbocycles. The van der Waals surface area contributed by atoms with Crippen LogP contribution in [0.15, 0.2) is 41.6 Å². The number of rotatable bonds is 4. The van der Waals surface area contributed by atoms with Gasteiger partial charge in [0.1, 0.15) is 5.69 Å². The molecule has 3 fully saturated rings. The van der Waals surface area contributed by atoms with Gasteiger partial charge in [-0.1, -0.05) is 32.1 Å². The molecule has 0 unspecified atom stereocenters. The lowest BCUT2D eigenvalue weighted by molar-refractivity contribution is -0.138. The first-order valence-corrected chi connectivity index (χ1v) is 12.4. The molecule has 0 aromatic heterocycles. The number of benzene rings is 1. The Morgan fingerprint density at radius 2 is 1.97 bits per heavy atom. The zero-order valence-corrected chi connectivity index (χ0v) is 19.9. The maximum atomic E-state index is 12.9. The smallest absolute Gasteiger partial charge is 0.246 e. The summed E-state index contributed by atoms with van der Waals surface area (Å²) in [5.41, 5.74) is 1.35. The normalized spacial score (nSPS) is 39.4. The molecule has 0 bridgehead atoms. The standard InChI is InChI=1S/C27H35N3O3/c1-26-13-11-21-19(7-10-23-27(21,2)14-12-25(32)30(23)3)20(26)8-9-22(26)28-24(31)16-17-5-4-6-18(15-17)29-33/h4-6,12,14-15,19-23H,7-11,13,16H2,1-3H3,(H,28,31)/t19-,20-,21-,22-,23+,26-,27+/m0/s1. The number of carbonyl (C=O) groups excluding carboxylic acids is 2. The van der Waals surface area contributed by atoms with Gasteiger partial charge in [0.25, 0.3) is 0 Å². The largest absolute Gasteiger partial charge is 0.353 e. The van der Waals surface area contributed by atoms with Crippen LogP contribution in [-0.4, -0.2) is 35.8 Å². The number of hydrogen-bond donors (Lipinski definition) is 1. The van der Waals surface area contributed by atoms with Crippen LogP contribution in [0.5, 0.6) is 0 Å². The lowest BCUT2D eigenvalue weighted by Gasteiger charge is -2.60. The first-order valence-electron chi connectivity index (χ1n) is 12.4. The first kappa shape index (κ1) is 22.3. The van der Waals surface area contributed by atoms with E-state index in [9.17, 15) is 14.5 Å². The van der Waals surface area contributed by atoms with E-state index in [2.05, 4.69) is 30.4 Å². The van der Waals surface area contributed by atoms with E-state index in [-0.39, 0.29) is 35.1 Å². The molecule has 1 N–H and O–H groups in total. The van der Waals surface area contributed by atoms with Gasteiger partial charge in [-0.2, -0.15) is 0 Å². The number of fused-ring (bicyclic) bond motifs is 5. The van der Waals surface area contributed by atoms with Crippen molar-refractivity contribution in [3.63, 3.8) is 0 Å². The summed E-state index contributed by atoms with van der Waals surface area (Å²) in [7, 11) is 1.96. The van der Waals surface area contributed by atoms with Crippen molar-refractivity contribution in [2.45, 2.75) is 70.9 Å². The molecule has 33 heavy (non-hydrogen) atoms. The van der Waals surface area contributed by atoms with E-state index < -0.39 is 0 Å². The third-order valence-electron chi connectivity index (χ3n) is 9.84. The van der Waals surface area contributed by atoms with Crippen molar-refractivity contribution < 1.29 is 9.59 Å². The summed E-state index contributed by atoms with van der Waals surface area (Å²) in [5.74, 6) is 2.01. The summed E-state index contributed by atoms with van der Waals surface area (Å²) >= 11 is 0. The molecule has 0 spiro atoms. The Morgan fingerprint density at radius 1 is 1.15 bits per heavy atom. The lowest BCUT2D eigenvalue weighted by atomic mass is 9.48. The molecule has 1 aromatic rings. The van der Waals surface area contributed by atoms with Crippen LogP contribution in [0.1, 0.15) is 57.9 Å². The fraction of sp³-hybridized carbons (Fsp3) is 0.630. The summed E-state index contributed by atoms with van der Waals surface area (Å²) in [5, 5.41) is 6.34. The number of amides is 2. The van der Waals surface area contributed by atoms with Gasteiger partial charge in [0.15, 0.2) is 0 Å². The second-order valence-corrected chi connectivity index (χ2v) is 11.3. The Morgan fingerprint density at radius 3 is 2.76 bits per heavy atom. The van der Waals surface area contributed by atoms with E-state index in [0.717, 1.165) is 37.7 Å². The maximum absolute atomic E-state index is 12.9. The summed E-state index contributed by atoms with van der Waals surface area (Å²) in [6.07, 6.45) is 11.0. The number of nitrogens with zero attached hydrogens (tertiary/aromatic N) is 2. The molecule has 176 valence electrons. The van der Waals surface area contributed by atoms with E-state index in [0.29, 0.717) is 29.5 Å². The third kappa shape index (κ3) is 3.53. The van der Waals surface area contributed by atoms with Crippen LogP contribution in [0.25, 0.3) is 0 Å². The van der Waals surface area contributed by atoms with Crippen molar-refractivity contribution in [1.82, 2.24) is 10.2 Å². The minimum atomic E-state index is 0.0260. The number of likely N-dealkylation sites (N-methyl/N-ethyl adjacent to an activating group) is 1. The van der Waals surface area contributed by atoms with Gasteiger partial charge in [-0.3, -0.25) is 9.59 Å². The highest BCUT2D eigenvalue weighted by Gasteiger charge is 2.60. The summed E-state index contributed by atoms with van der Waals surface area (Å²) in [6.45, 7) is 4.76. The molecule has 5 rings (SSSR count). The predicted molar refractivity (Wildman–Crippen MR) is 128 cm³/mol. The van der Waals surface area contributed by atoms with Crippen molar-refractivity contribution in [3.05, 3.63) is 46.9 Å². The first-order chi connectivity index (χ1) is 15.8. The second-order valence-electron chi connectivity index (χ2n) is 11.3. The van der Waals surface area contributed by atoms with Crippen LogP contribution in [0, 0.1) is 33.5 Å². The zero-order chi connectivity index (χ0) is 23.4. The SMILES string of the molecule is CN1C(=O)C=C[C@]2(C)[C@H]3CC[C@]4(C)[C@@H](NC(=O)Cc5cccc(N=O)c5)CC[C@H]4[C@@H]3CC[C@@H]12. The molecule has 3 aliphatic carbocycles. The van der Waals surface area contributed by atoms with Crippen LogP contribution in [0.4, 0.5) is 5.69 Å². The van der Waals surface area contributed by atoms with Crippen molar-refractivity contribution in [2.75, 3.05) is 7.05 Å². The van der Waals surface area contributed by atoms with Crippen LogP contribution in [0.2, 0.25) is 0 Å². The minimum absolute atomic E-state index is 0.0260. The number of nitrogens with one attached hydrogen (secondary N) is 1. The van der Waals surface area contributed by atoms with Gasteiger partial charge in [0.2, 0.25) is 11.8 Å². The van der Waals surface area contributed by atoms with Gasteiger partial charge in [-0.15, -0.1) is 4.91 Å². The third-order valence-corrected chi connectivity index (χ3v) is 9.84. The van der Waals surface area contributed by atoms with Gasteiger partial charge < -0.3 is 10.2 Å². The molecule has 6 nitrogen and oxygen atoms in total. The molecule has 1 aliphatic heterocycles. The quantitative estimate of drug-likeness (QED) is 0.674. The van der Waals surface area contributed by atoms with Crippen LogP contribution in [-0.2, 0) is 16.0 Å². The van der Waals surface area contributed by atoms with Gasteiger partial charge in [0.05, 0.1) is 6.42 Å². The summed E-state index contributed by atoms with van der Waals surface area (Å²) < 4.78 is 0. The summed E-state index contributed by atoms with van der Waals surface area (Å²) in [6, 6.07) is 7.48. The number of nitroso groups, excluding NO2 is 1. The Balaban J connectivity index is 1.30. The molecular formula is C27H35N3O3. The highest BCUT2D eigenvalue weighted by Crippen LogP contribution is 2.63. The van der Waals surface area contributed by atoms with Crippen molar-refractivity contribution in [1.29, 1.82) is 0 Å². The highest BCUT2D eigenvalue weighted by atomic mass is 16.3. The Labute approximate surface area is 196 Å². The average molecular weight is 450 g/mol. The van der Waals surface area contributed by atoms with Crippen LogP contribution >= 0.6 is 0 Å². The van der Waals surface area contributed by atoms with Gasteiger partial charge in [-0.05, 0) is 90.6 Å². The Hall–Kier alpha value is -2.50. The summed E-state index contributed by atoms with van der Waals surface area (Å²) in [4.78, 5) is 38.0. The van der Waals surface area contributed by atoms with Gasteiger partial charge in [0, 0.05) is 24.5 Å². The molecule has 0 saturated heterocycles. The van der Waals surface area contributed by atoms with Crippen LogP contribution in [0.3, 0.4) is 0 Å². The molecular weight excluding hydrogens is 414 g/mol. The van der Waals surface area contributed by atoms with Crippen LogP contribution < -0.4 is 5.32 Å². The maximum Gasteiger partial charge on any atom is 0.246 e. The second kappa shape index (κ2) is 8.07.